The zero-order valence-corrected chi connectivity index (χ0v) is 12.7. The minimum absolute atomic E-state index is 0.758. The predicted molar refractivity (Wildman–Crippen MR) is 81.8 cm³/mol. The van der Waals surface area contributed by atoms with Gasteiger partial charge in [0.15, 0.2) is 5.82 Å². The lowest BCUT2D eigenvalue weighted by Gasteiger charge is -2.31. The molecule has 0 radical (unpaired) electrons. The predicted octanol–water partition coefficient (Wildman–Crippen LogP) is 3.09. The minimum atomic E-state index is 0.758. The molecule has 1 aliphatic heterocycles. The first kappa shape index (κ1) is 14.3. The second kappa shape index (κ2) is 6.85. The molecule has 0 amide bonds. The van der Waals surface area contributed by atoms with Crippen LogP contribution < -0.4 is 0 Å². The lowest BCUT2D eigenvalue weighted by Crippen LogP contribution is -2.34. The van der Waals surface area contributed by atoms with Gasteiger partial charge in [-0.1, -0.05) is 42.4 Å². The maximum Gasteiger partial charge on any atom is 0.240 e. The molecule has 1 aliphatic rings. The van der Waals surface area contributed by atoms with Gasteiger partial charge >= 0.3 is 0 Å². The van der Waals surface area contributed by atoms with Gasteiger partial charge in [0.2, 0.25) is 5.89 Å². The van der Waals surface area contributed by atoms with Gasteiger partial charge in [-0.2, -0.15) is 4.98 Å². The number of aromatic nitrogens is 2. The number of aryl methyl sites for hydroxylation is 1. The molecule has 3 rings (SSSR count). The molecule has 0 bridgehead atoms. The normalized spacial score (nSPS) is 17.2. The van der Waals surface area contributed by atoms with E-state index in [-0.39, 0.29) is 0 Å². The summed E-state index contributed by atoms with van der Waals surface area (Å²) < 4.78 is 5.28. The van der Waals surface area contributed by atoms with E-state index in [1.807, 2.05) is 6.92 Å². The Morgan fingerprint density at radius 3 is 2.62 bits per heavy atom. The van der Waals surface area contributed by atoms with Gasteiger partial charge in [0.1, 0.15) is 0 Å². The van der Waals surface area contributed by atoms with E-state index in [4.69, 9.17) is 4.52 Å². The Labute approximate surface area is 126 Å². The number of likely N-dealkylation sites (tertiary alicyclic amines) is 1. The number of rotatable bonds is 5. The van der Waals surface area contributed by atoms with E-state index in [2.05, 4.69) is 45.4 Å². The number of hydrogen-bond donors (Lipinski definition) is 0. The number of nitrogens with zero attached hydrogens (tertiary/aromatic N) is 3. The van der Waals surface area contributed by atoms with E-state index < -0.39 is 0 Å². The Kier molecular flexibility index (Phi) is 4.65. The zero-order chi connectivity index (χ0) is 14.5. The largest absolute Gasteiger partial charge is 0.338 e. The standard InChI is InChI=1S/C17H23N3O/c1-2-16-18-17(21-19-16)13-20-10-8-15(9-11-20)12-14-6-4-3-5-7-14/h3-7,15H,2,8-13H2,1H3. The average molecular weight is 285 g/mol. The van der Waals surface area contributed by atoms with E-state index >= 15 is 0 Å². The fraction of sp³-hybridized carbons (Fsp3) is 0.529. The summed E-state index contributed by atoms with van der Waals surface area (Å²) in [6.45, 7) is 5.09. The molecule has 2 heterocycles. The molecule has 1 aromatic heterocycles. The zero-order valence-electron chi connectivity index (χ0n) is 12.7. The fourth-order valence-electron chi connectivity index (χ4n) is 2.99. The number of hydrogen-bond acceptors (Lipinski definition) is 4. The van der Waals surface area contributed by atoms with E-state index in [0.717, 1.165) is 43.7 Å². The molecule has 1 aromatic carbocycles. The van der Waals surface area contributed by atoms with Crippen molar-refractivity contribution in [3.05, 3.63) is 47.6 Å². The van der Waals surface area contributed by atoms with Crippen molar-refractivity contribution in [2.45, 2.75) is 39.2 Å². The van der Waals surface area contributed by atoms with Crippen molar-refractivity contribution in [1.29, 1.82) is 0 Å². The maximum atomic E-state index is 5.28. The Morgan fingerprint density at radius 1 is 1.19 bits per heavy atom. The molecule has 0 aliphatic carbocycles. The van der Waals surface area contributed by atoms with Crippen LogP contribution in [0.15, 0.2) is 34.9 Å². The summed E-state index contributed by atoms with van der Waals surface area (Å²) in [5.41, 5.74) is 1.46. The molecule has 0 saturated carbocycles. The van der Waals surface area contributed by atoms with Gasteiger partial charge < -0.3 is 4.52 Å². The molecule has 4 heteroatoms. The van der Waals surface area contributed by atoms with Crippen LogP contribution in [0.4, 0.5) is 0 Å². The summed E-state index contributed by atoms with van der Waals surface area (Å²) in [7, 11) is 0. The lowest BCUT2D eigenvalue weighted by molar-refractivity contribution is 0.159. The van der Waals surface area contributed by atoms with Crippen LogP contribution in [-0.2, 0) is 19.4 Å². The van der Waals surface area contributed by atoms with Crippen LogP contribution in [0.5, 0.6) is 0 Å². The molecule has 112 valence electrons. The van der Waals surface area contributed by atoms with Gasteiger partial charge in [0.05, 0.1) is 6.54 Å². The van der Waals surface area contributed by atoms with Gasteiger partial charge in [0, 0.05) is 6.42 Å². The first-order valence-electron chi connectivity index (χ1n) is 7.91. The smallest absolute Gasteiger partial charge is 0.240 e. The Balaban J connectivity index is 1.46. The monoisotopic (exact) mass is 285 g/mol. The van der Waals surface area contributed by atoms with E-state index in [0.29, 0.717) is 0 Å². The minimum Gasteiger partial charge on any atom is -0.338 e. The first-order valence-corrected chi connectivity index (χ1v) is 7.91. The highest BCUT2D eigenvalue weighted by atomic mass is 16.5. The maximum absolute atomic E-state index is 5.28. The highest BCUT2D eigenvalue weighted by Crippen LogP contribution is 2.22. The van der Waals surface area contributed by atoms with Crippen molar-refractivity contribution in [2.24, 2.45) is 5.92 Å². The van der Waals surface area contributed by atoms with Gasteiger partial charge in [-0.3, -0.25) is 4.90 Å². The van der Waals surface area contributed by atoms with Crippen molar-refractivity contribution in [1.82, 2.24) is 15.0 Å². The summed E-state index contributed by atoms with van der Waals surface area (Å²) in [5, 5.41) is 3.96. The highest BCUT2D eigenvalue weighted by molar-refractivity contribution is 5.15. The van der Waals surface area contributed by atoms with Crippen molar-refractivity contribution in [2.75, 3.05) is 13.1 Å². The molecule has 4 nitrogen and oxygen atoms in total. The summed E-state index contributed by atoms with van der Waals surface area (Å²) in [6, 6.07) is 10.8. The lowest BCUT2D eigenvalue weighted by atomic mass is 9.90. The topological polar surface area (TPSA) is 42.2 Å². The Hall–Kier alpha value is -1.68. The van der Waals surface area contributed by atoms with Gasteiger partial charge in [-0.15, -0.1) is 0 Å². The van der Waals surface area contributed by atoms with Gasteiger partial charge in [-0.05, 0) is 43.8 Å². The molecular weight excluding hydrogens is 262 g/mol. The van der Waals surface area contributed by atoms with Crippen molar-refractivity contribution >= 4 is 0 Å². The first-order chi connectivity index (χ1) is 10.3. The van der Waals surface area contributed by atoms with Crippen LogP contribution in [0.25, 0.3) is 0 Å². The van der Waals surface area contributed by atoms with E-state index in [1.54, 1.807) is 0 Å². The molecule has 1 saturated heterocycles. The second-order valence-corrected chi connectivity index (χ2v) is 5.87. The van der Waals surface area contributed by atoms with Crippen molar-refractivity contribution in [3.8, 4) is 0 Å². The van der Waals surface area contributed by atoms with Crippen LogP contribution >= 0.6 is 0 Å². The van der Waals surface area contributed by atoms with Crippen molar-refractivity contribution in [3.63, 3.8) is 0 Å². The van der Waals surface area contributed by atoms with Crippen LogP contribution in [-0.4, -0.2) is 28.1 Å². The SMILES string of the molecule is CCc1noc(CN2CCC(Cc3ccccc3)CC2)n1. The van der Waals surface area contributed by atoms with Crippen LogP contribution in [0, 0.1) is 5.92 Å². The Morgan fingerprint density at radius 2 is 1.95 bits per heavy atom. The summed E-state index contributed by atoms with van der Waals surface area (Å²) in [5.74, 6) is 2.37. The molecule has 0 N–H and O–H groups in total. The molecule has 0 spiro atoms. The molecule has 0 unspecified atom stereocenters. The van der Waals surface area contributed by atoms with E-state index in [1.165, 1.54) is 24.8 Å². The quantitative estimate of drug-likeness (QED) is 0.846. The van der Waals surface area contributed by atoms with Gasteiger partial charge in [-0.25, -0.2) is 0 Å². The molecule has 2 aromatic rings. The molecular formula is C17H23N3O. The molecule has 21 heavy (non-hydrogen) atoms. The third-order valence-corrected chi connectivity index (χ3v) is 4.26. The molecule has 0 atom stereocenters. The average Bonchev–Trinajstić information content (AvgIpc) is 2.98. The summed E-state index contributed by atoms with van der Waals surface area (Å²) in [6.07, 6.45) is 4.55. The fourth-order valence-corrected chi connectivity index (χ4v) is 2.99. The van der Waals surface area contributed by atoms with Crippen LogP contribution in [0.2, 0.25) is 0 Å². The number of piperidine rings is 1. The summed E-state index contributed by atoms with van der Waals surface area (Å²) >= 11 is 0. The van der Waals surface area contributed by atoms with Crippen LogP contribution in [0.3, 0.4) is 0 Å². The van der Waals surface area contributed by atoms with Crippen molar-refractivity contribution < 1.29 is 4.52 Å². The van der Waals surface area contributed by atoms with Gasteiger partial charge in [0.25, 0.3) is 0 Å². The molecule has 1 fully saturated rings. The van der Waals surface area contributed by atoms with Crippen LogP contribution in [0.1, 0.15) is 37.0 Å². The van der Waals surface area contributed by atoms with E-state index in [9.17, 15) is 0 Å². The second-order valence-electron chi connectivity index (χ2n) is 5.87. The highest BCUT2D eigenvalue weighted by Gasteiger charge is 2.21. The number of benzene rings is 1. The third-order valence-electron chi connectivity index (χ3n) is 4.26. The third kappa shape index (κ3) is 3.91. The summed E-state index contributed by atoms with van der Waals surface area (Å²) in [4.78, 5) is 6.82. The Bertz CT molecular complexity index is 544.